The molecule has 0 saturated carbocycles. The zero-order valence-corrected chi connectivity index (χ0v) is 9.82. The molecule has 0 bridgehead atoms. The van der Waals surface area contributed by atoms with Crippen molar-refractivity contribution in [3.8, 4) is 0 Å². The van der Waals surface area contributed by atoms with Crippen LogP contribution in [0.1, 0.15) is 28.8 Å². The SMILES string of the molecule is NCc1ccccc1C(=O)NCC1CCCO1. The van der Waals surface area contributed by atoms with Gasteiger partial charge in [0.05, 0.1) is 6.10 Å². The molecule has 0 aliphatic carbocycles. The summed E-state index contributed by atoms with van der Waals surface area (Å²) in [6.07, 6.45) is 2.28. The maximum Gasteiger partial charge on any atom is 0.251 e. The lowest BCUT2D eigenvalue weighted by molar-refractivity contribution is 0.0857. The van der Waals surface area contributed by atoms with E-state index >= 15 is 0 Å². The zero-order chi connectivity index (χ0) is 12.1. The molecule has 1 atom stereocenters. The van der Waals surface area contributed by atoms with Gasteiger partial charge in [-0.1, -0.05) is 18.2 Å². The van der Waals surface area contributed by atoms with Gasteiger partial charge in [-0.3, -0.25) is 4.79 Å². The molecule has 1 aliphatic heterocycles. The highest BCUT2D eigenvalue weighted by Gasteiger charge is 2.17. The molecule has 1 unspecified atom stereocenters. The Hall–Kier alpha value is -1.39. The largest absolute Gasteiger partial charge is 0.376 e. The average Bonchev–Trinajstić information content (AvgIpc) is 2.89. The van der Waals surface area contributed by atoms with Gasteiger partial charge in [-0.2, -0.15) is 0 Å². The van der Waals surface area contributed by atoms with E-state index in [2.05, 4.69) is 5.32 Å². The van der Waals surface area contributed by atoms with Gasteiger partial charge in [-0.25, -0.2) is 0 Å². The van der Waals surface area contributed by atoms with E-state index in [0.29, 0.717) is 18.7 Å². The fraction of sp³-hybridized carbons (Fsp3) is 0.462. The molecule has 0 spiro atoms. The van der Waals surface area contributed by atoms with Gasteiger partial charge in [0, 0.05) is 25.3 Å². The zero-order valence-electron chi connectivity index (χ0n) is 9.82. The average molecular weight is 234 g/mol. The van der Waals surface area contributed by atoms with Crippen LogP contribution in [0.25, 0.3) is 0 Å². The Labute approximate surface area is 101 Å². The first-order chi connectivity index (χ1) is 8.31. The Morgan fingerprint density at radius 3 is 3.00 bits per heavy atom. The lowest BCUT2D eigenvalue weighted by Crippen LogP contribution is -2.32. The molecule has 17 heavy (non-hydrogen) atoms. The molecule has 1 aliphatic rings. The van der Waals surface area contributed by atoms with Gasteiger partial charge in [0.2, 0.25) is 0 Å². The monoisotopic (exact) mass is 234 g/mol. The summed E-state index contributed by atoms with van der Waals surface area (Å²) in [6.45, 7) is 1.77. The highest BCUT2D eigenvalue weighted by molar-refractivity contribution is 5.95. The molecule has 1 amide bonds. The molecule has 1 aromatic rings. The highest BCUT2D eigenvalue weighted by atomic mass is 16.5. The highest BCUT2D eigenvalue weighted by Crippen LogP contribution is 2.12. The van der Waals surface area contributed by atoms with Crippen LogP contribution in [0, 0.1) is 0 Å². The van der Waals surface area contributed by atoms with Crippen LogP contribution in [0.3, 0.4) is 0 Å². The minimum atomic E-state index is -0.0680. The van der Waals surface area contributed by atoms with Crippen molar-refractivity contribution < 1.29 is 9.53 Å². The predicted molar refractivity (Wildman–Crippen MR) is 65.6 cm³/mol. The predicted octanol–water partition coefficient (Wildman–Crippen LogP) is 1.05. The molecule has 3 N–H and O–H groups in total. The van der Waals surface area contributed by atoms with Crippen molar-refractivity contribution >= 4 is 5.91 Å². The van der Waals surface area contributed by atoms with Crippen LogP contribution in [0.4, 0.5) is 0 Å². The van der Waals surface area contributed by atoms with E-state index in [0.717, 1.165) is 25.0 Å². The summed E-state index contributed by atoms with van der Waals surface area (Å²) in [7, 11) is 0. The third kappa shape index (κ3) is 3.05. The van der Waals surface area contributed by atoms with Crippen LogP contribution < -0.4 is 11.1 Å². The summed E-state index contributed by atoms with van der Waals surface area (Å²) in [5.74, 6) is -0.0680. The van der Waals surface area contributed by atoms with Crippen LogP contribution in [-0.2, 0) is 11.3 Å². The normalized spacial score (nSPS) is 19.2. The van der Waals surface area contributed by atoms with E-state index in [9.17, 15) is 4.79 Å². The summed E-state index contributed by atoms with van der Waals surface area (Å²) in [4.78, 5) is 12.0. The number of ether oxygens (including phenoxy) is 1. The minimum absolute atomic E-state index is 0.0680. The van der Waals surface area contributed by atoms with Crippen molar-refractivity contribution in [2.24, 2.45) is 5.73 Å². The molecule has 1 heterocycles. The van der Waals surface area contributed by atoms with Gasteiger partial charge < -0.3 is 15.8 Å². The van der Waals surface area contributed by atoms with Crippen LogP contribution in [0.15, 0.2) is 24.3 Å². The molecule has 0 aromatic heterocycles. The van der Waals surface area contributed by atoms with Gasteiger partial charge >= 0.3 is 0 Å². The summed E-state index contributed by atoms with van der Waals surface area (Å²) >= 11 is 0. The fourth-order valence-corrected chi connectivity index (χ4v) is 2.03. The first-order valence-corrected chi connectivity index (χ1v) is 5.99. The van der Waals surface area contributed by atoms with Crippen molar-refractivity contribution in [1.29, 1.82) is 0 Å². The number of nitrogens with one attached hydrogen (secondary N) is 1. The number of rotatable bonds is 4. The van der Waals surface area contributed by atoms with E-state index in [1.807, 2.05) is 18.2 Å². The molecule has 1 saturated heterocycles. The second-order valence-corrected chi connectivity index (χ2v) is 4.21. The first kappa shape index (κ1) is 12.1. The fourth-order valence-electron chi connectivity index (χ4n) is 2.03. The van der Waals surface area contributed by atoms with Crippen molar-refractivity contribution in [3.63, 3.8) is 0 Å². The Bertz CT molecular complexity index is 387. The van der Waals surface area contributed by atoms with Gasteiger partial charge in [0.15, 0.2) is 0 Å². The maximum absolute atomic E-state index is 12.0. The Balaban J connectivity index is 1.94. The van der Waals surface area contributed by atoms with Crippen LogP contribution in [0.5, 0.6) is 0 Å². The topological polar surface area (TPSA) is 64.4 Å². The van der Waals surface area contributed by atoms with Crippen molar-refractivity contribution in [2.75, 3.05) is 13.2 Å². The number of benzene rings is 1. The standard InChI is InChI=1S/C13H18N2O2/c14-8-10-4-1-2-6-12(10)13(16)15-9-11-5-3-7-17-11/h1-2,4,6,11H,3,5,7-9,14H2,(H,15,16). The second-order valence-electron chi connectivity index (χ2n) is 4.21. The Kier molecular flexibility index (Phi) is 4.12. The molecular weight excluding hydrogens is 216 g/mol. The van der Waals surface area contributed by atoms with Gasteiger partial charge in [0.1, 0.15) is 0 Å². The lowest BCUT2D eigenvalue weighted by atomic mass is 10.1. The molecule has 1 fully saturated rings. The first-order valence-electron chi connectivity index (χ1n) is 5.99. The molecular formula is C13H18N2O2. The van der Waals surface area contributed by atoms with Crippen molar-refractivity contribution in [1.82, 2.24) is 5.32 Å². The van der Waals surface area contributed by atoms with E-state index in [-0.39, 0.29) is 12.0 Å². The van der Waals surface area contributed by atoms with Crippen molar-refractivity contribution in [2.45, 2.75) is 25.5 Å². The van der Waals surface area contributed by atoms with E-state index < -0.39 is 0 Å². The number of hydrogen-bond acceptors (Lipinski definition) is 3. The quantitative estimate of drug-likeness (QED) is 0.818. The Morgan fingerprint density at radius 1 is 1.47 bits per heavy atom. The second kappa shape index (κ2) is 5.80. The molecule has 4 heteroatoms. The molecule has 2 rings (SSSR count). The van der Waals surface area contributed by atoms with Gasteiger partial charge in [-0.15, -0.1) is 0 Å². The van der Waals surface area contributed by atoms with E-state index in [1.54, 1.807) is 6.07 Å². The van der Waals surface area contributed by atoms with E-state index in [4.69, 9.17) is 10.5 Å². The molecule has 1 aromatic carbocycles. The molecule has 0 radical (unpaired) electrons. The molecule has 4 nitrogen and oxygen atoms in total. The number of amides is 1. The maximum atomic E-state index is 12.0. The number of nitrogens with two attached hydrogens (primary N) is 1. The number of carbonyl (C=O) groups excluding carboxylic acids is 1. The summed E-state index contributed by atoms with van der Waals surface area (Å²) in [5.41, 5.74) is 7.13. The third-order valence-corrected chi connectivity index (χ3v) is 3.00. The minimum Gasteiger partial charge on any atom is -0.376 e. The summed E-state index contributed by atoms with van der Waals surface area (Å²) < 4.78 is 5.46. The third-order valence-electron chi connectivity index (χ3n) is 3.00. The van der Waals surface area contributed by atoms with Gasteiger partial charge in [-0.05, 0) is 24.5 Å². The smallest absolute Gasteiger partial charge is 0.251 e. The summed E-state index contributed by atoms with van der Waals surface area (Å²) in [5, 5.41) is 2.90. The van der Waals surface area contributed by atoms with Crippen LogP contribution >= 0.6 is 0 Å². The van der Waals surface area contributed by atoms with Crippen LogP contribution in [0.2, 0.25) is 0 Å². The molecule has 92 valence electrons. The summed E-state index contributed by atoms with van der Waals surface area (Å²) in [6, 6.07) is 7.41. The number of hydrogen-bond donors (Lipinski definition) is 2. The number of carbonyl (C=O) groups is 1. The van der Waals surface area contributed by atoms with Crippen molar-refractivity contribution in [3.05, 3.63) is 35.4 Å². The van der Waals surface area contributed by atoms with E-state index in [1.165, 1.54) is 0 Å². The Morgan fingerprint density at radius 2 is 2.29 bits per heavy atom. The van der Waals surface area contributed by atoms with Crippen LogP contribution in [-0.4, -0.2) is 25.2 Å². The lowest BCUT2D eigenvalue weighted by Gasteiger charge is -2.12. The van der Waals surface area contributed by atoms with Gasteiger partial charge in [0.25, 0.3) is 5.91 Å².